The van der Waals surface area contributed by atoms with Crippen molar-refractivity contribution in [2.75, 3.05) is 33.0 Å². The van der Waals surface area contributed by atoms with Gasteiger partial charge in [-0.2, -0.15) is 0 Å². The molecule has 0 aromatic heterocycles. The minimum absolute atomic E-state index is 0.00178. The van der Waals surface area contributed by atoms with Crippen LogP contribution in [0.25, 0.3) is 6.08 Å². The fourth-order valence-electron chi connectivity index (χ4n) is 11.1. The Hall–Kier alpha value is -7.98. The number of carbonyl (C=O) groups is 4. The summed E-state index contributed by atoms with van der Waals surface area (Å²) >= 11 is 0. The molecule has 6 aliphatic heterocycles. The van der Waals surface area contributed by atoms with E-state index in [0.717, 1.165) is 30.3 Å². The van der Waals surface area contributed by atoms with Crippen LogP contribution >= 0.6 is 0 Å². The van der Waals surface area contributed by atoms with E-state index in [4.69, 9.17) is 71.4 Å². The number of esters is 3. The molecule has 0 aliphatic carbocycles. The van der Waals surface area contributed by atoms with E-state index >= 15 is 0 Å². The molecule has 0 spiro atoms. The number of aliphatic carboxylic acids is 1. The third-order valence-corrected chi connectivity index (χ3v) is 16.8. The molecular formula is C62H73O38+. The van der Waals surface area contributed by atoms with Crippen LogP contribution in [0.1, 0.15) is 44.4 Å². The average molecular weight is 1430 g/mol. The molecule has 0 radical (unpaired) electrons. The molecule has 4 aromatic carbocycles. The number of hydrogen-bond acceptors (Lipinski definition) is 36. The van der Waals surface area contributed by atoms with Crippen molar-refractivity contribution in [3.8, 4) is 40.2 Å². The average Bonchev–Trinajstić information content (AvgIpc) is 0.761. The molecule has 10 rings (SSSR count). The quantitative estimate of drug-likeness (QED) is 0.0142. The van der Waals surface area contributed by atoms with Crippen molar-refractivity contribution >= 4 is 30.0 Å². The maximum Gasteiger partial charge on any atom is 0.338 e. The number of benzene rings is 4. The molecule has 6 heterocycles. The number of carboxylic acids is 1. The van der Waals surface area contributed by atoms with Gasteiger partial charge in [-0.15, -0.1) is 0 Å². The van der Waals surface area contributed by atoms with Gasteiger partial charge in [-0.25, -0.2) is 9.59 Å². The predicted molar refractivity (Wildman–Crippen MR) is 316 cm³/mol. The van der Waals surface area contributed by atoms with E-state index in [1.165, 1.54) is 54.6 Å². The predicted octanol–water partition coefficient (Wildman–Crippen LogP) is -7.28. The van der Waals surface area contributed by atoms with E-state index in [-0.39, 0.29) is 51.0 Å². The Morgan fingerprint density at radius 1 is 0.400 bits per heavy atom. The van der Waals surface area contributed by atoms with Gasteiger partial charge in [0.25, 0.3) is 11.9 Å². The van der Waals surface area contributed by atoms with Gasteiger partial charge < -0.3 is 168 Å². The van der Waals surface area contributed by atoms with E-state index in [1.54, 1.807) is 0 Å². The number of ether oxygens (including phenoxy) is 14. The number of phenols is 2. The summed E-state index contributed by atoms with van der Waals surface area (Å²) in [7, 11) is 0. The second-order valence-electron chi connectivity index (χ2n) is 23.7. The Labute approximate surface area is 562 Å². The largest absolute Gasteiger partial charge is 0.571 e. The van der Waals surface area contributed by atoms with Crippen molar-refractivity contribution in [3.05, 3.63) is 107 Å². The van der Waals surface area contributed by atoms with Crippen molar-refractivity contribution in [3.63, 3.8) is 0 Å². The summed E-state index contributed by atoms with van der Waals surface area (Å²) in [5.41, 5.74) is -0.466. The first-order valence-electron chi connectivity index (χ1n) is 30.6. The van der Waals surface area contributed by atoms with E-state index < -0.39 is 240 Å². The van der Waals surface area contributed by atoms with Gasteiger partial charge in [0, 0.05) is 12.1 Å². The number of phenolic OH excluding ortho intramolecular Hbond substituents is 2. The highest BCUT2D eigenvalue weighted by Crippen LogP contribution is 2.48. The molecule has 26 unspecified atom stereocenters. The molecule has 5 saturated heterocycles. The zero-order chi connectivity index (χ0) is 72.3. The van der Waals surface area contributed by atoms with Gasteiger partial charge >= 0.3 is 23.9 Å². The molecule has 0 amide bonds. The van der Waals surface area contributed by atoms with Crippen molar-refractivity contribution in [1.29, 1.82) is 0 Å². The monoisotopic (exact) mass is 1430 g/mol. The van der Waals surface area contributed by atoms with Crippen LogP contribution in [0.3, 0.4) is 0 Å². The summed E-state index contributed by atoms with van der Waals surface area (Å²) in [6.07, 6.45) is -46.6. The van der Waals surface area contributed by atoms with E-state index in [2.05, 4.69) is 0 Å². The molecule has 38 nitrogen and oxygen atoms in total. The SMILES string of the molecule is O=C(O)CC(=O)OCC1OC(OC2=Cc3c(O)cc(OC4OC(COC(=O)c5ccc(OC6OC(CO)C(O)C(O)C6O)cc5)C(O)C(O)C4O)cc3[OH+]C2c2ccc(O)c(OC3OC(COC(=O)c4ccc(OC5OC(CO)C(O)C(O)C5O)cc4)C(O)C(O)C3O)c2)C(O)C(O)C1O. The van der Waals surface area contributed by atoms with Crippen molar-refractivity contribution in [2.24, 2.45) is 0 Å². The first-order valence-corrected chi connectivity index (χ1v) is 30.6. The molecule has 0 saturated carbocycles. The summed E-state index contributed by atoms with van der Waals surface area (Å²) < 4.78 is 77.3. The van der Waals surface area contributed by atoms with Crippen LogP contribution in [0.4, 0.5) is 0 Å². The molecule has 548 valence electrons. The van der Waals surface area contributed by atoms with E-state index in [1.807, 2.05) is 0 Å². The maximum atomic E-state index is 13.2. The van der Waals surface area contributed by atoms with Crippen LogP contribution in [-0.4, -0.2) is 317 Å². The summed E-state index contributed by atoms with van der Waals surface area (Å²) in [5.74, 6) is -7.70. The van der Waals surface area contributed by atoms with E-state index in [0.29, 0.717) is 0 Å². The van der Waals surface area contributed by atoms with Crippen LogP contribution in [0.2, 0.25) is 0 Å². The molecule has 6 aliphatic rings. The lowest BCUT2D eigenvalue weighted by Crippen LogP contribution is -2.60. The normalized spacial score (nSPS) is 35.7. The number of aliphatic hydroxyl groups is 18. The van der Waals surface area contributed by atoms with Crippen LogP contribution < -0.4 is 18.9 Å². The molecule has 21 N–H and O–H groups in total. The topological polar surface area (TPSA) is 606 Å². The Balaban J connectivity index is 0.849. The standard InChI is InChI=1S/C62H72O38/c63-16-33-40(70)45(75)50(80)58(96-33)90-24-6-1-21(2-7-24)56(85)88-19-36-43(73)47(77)52(82)60(98-36)92-26-12-29(66)27-14-32(95-62-54(84)48(78)42(72)35(99-62)18-87-39(69)15-38(67)68)55(93-30(27)13-26)23-5-10-28(65)31(11-23)94-61-53(83)49(79)44(74)37(100-61)20-89-57(86)22-3-8-25(9-4-22)91-59-51(81)46(76)41(71)34(17-64)97-59/h1-14,33-37,40-55,58-66,70-84H,15-20H2,(H,67,68)/p+1. The Morgan fingerprint density at radius 2 is 0.780 bits per heavy atom. The Bertz CT molecular complexity index is 3500. The van der Waals surface area contributed by atoms with Crippen molar-refractivity contribution in [1.82, 2.24) is 0 Å². The van der Waals surface area contributed by atoms with Crippen molar-refractivity contribution in [2.45, 2.75) is 166 Å². The molecule has 100 heavy (non-hydrogen) atoms. The van der Waals surface area contributed by atoms with Crippen LogP contribution in [-0.2, 0) is 52.2 Å². The van der Waals surface area contributed by atoms with Gasteiger partial charge in [0.1, 0.15) is 177 Å². The first-order chi connectivity index (χ1) is 47.5. The minimum atomic E-state index is -2.12. The summed E-state index contributed by atoms with van der Waals surface area (Å²) in [6.45, 7) is -3.91. The highest BCUT2D eigenvalue weighted by Gasteiger charge is 2.51. The van der Waals surface area contributed by atoms with Crippen molar-refractivity contribution < 1.29 is 188 Å². The lowest BCUT2D eigenvalue weighted by Gasteiger charge is -2.41. The summed E-state index contributed by atoms with van der Waals surface area (Å²) in [5, 5.41) is 211. The minimum Gasteiger partial charge on any atom is -0.571 e. The second kappa shape index (κ2) is 31.9. The highest BCUT2D eigenvalue weighted by molar-refractivity contribution is 5.90. The molecule has 5 fully saturated rings. The maximum absolute atomic E-state index is 13.2. The van der Waals surface area contributed by atoms with Gasteiger partial charge in [0.05, 0.1) is 36.0 Å². The third-order valence-electron chi connectivity index (χ3n) is 16.8. The molecule has 38 heteroatoms. The van der Waals surface area contributed by atoms with Gasteiger partial charge in [-0.05, 0) is 66.7 Å². The Morgan fingerprint density at radius 3 is 1.20 bits per heavy atom. The molecule has 0 bridgehead atoms. The lowest BCUT2D eigenvalue weighted by molar-refractivity contribution is -0.296. The number of rotatable bonds is 23. The fourth-order valence-corrected chi connectivity index (χ4v) is 11.1. The first kappa shape index (κ1) is 74.7. The zero-order valence-electron chi connectivity index (χ0n) is 51.7. The number of fused-ring (bicyclic) bond motifs is 1. The summed E-state index contributed by atoms with van der Waals surface area (Å²) in [4.78, 5) is 49.7. The second-order valence-corrected chi connectivity index (χ2v) is 23.7. The van der Waals surface area contributed by atoms with E-state index in [9.17, 15) is 116 Å². The molecule has 4 aromatic rings. The van der Waals surface area contributed by atoms with Crippen LogP contribution in [0.15, 0.2) is 84.6 Å². The number of carboxylic acid groups (broad SMARTS) is 1. The Kier molecular flexibility index (Phi) is 23.8. The zero-order valence-corrected chi connectivity index (χ0v) is 51.7. The fraction of sp³-hybridized carbons (Fsp3) is 0.516. The van der Waals surface area contributed by atoms with Crippen LogP contribution in [0, 0.1) is 0 Å². The number of carbonyl (C=O) groups excluding carboxylic acids is 3. The molecular weight excluding hydrogens is 1350 g/mol. The summed E-state index contributed by atoms with van der Waals surface area (Å²) in [6, 6.07) is 15.3. The number of aliphatic hydroxyl groups excluding tert-OH is 17. The third kappa shape index (κ3) is 16.5. The highest BCUT2D eigenvalue weighted by atomic mass is 16.7. The number of hydrogen-bond donors (Lipinski definition) is 20. The van der Waals surface area contributed by atoms with Gasteiger partial charge in [-0.1, -0.05) is 0 Å². The van der Waals surface area contributed by atoms with Gasteiger partial charge in [-0.3, -0.25) is 9.59 Å². The lowest BCUT2D eigenvalue weighted by atomic mass is 9.98. The van der Waals surface area contributed by atoms with Gasteiger partial charge in [0.2, 0.25) is 31.5 Å². The number of aromatic hydroxyl groups is 3. The van der Waals surface area contributed by atoms with Crippen LogP contribution in [0.5, 0.6) is 40.2 Å². The smallest absolute Gasteiger partial charge is 0.338 e. The van der Waals surface area contributed by atoms with Gasteiger partial charge in [0.15, 0.2) is 17.3 Å². The molecule has 26 atom stereocenters.